The summed E-state index contributed by atoms with van der Waals surface area (Å²) in [7, 11) is 8.14. The molecule has 0 fully saturated rings. The molecule has 0 unspecified atom stereocenters. The van der Waals surface area contributed by atoms with E-state index in [0.29, 0.717) is 30.5 Å². The lowest BCUT2D eigenvalue weighted by Gasteiger charge is -2.19. The molecule has 0 spiro atoms. The average Bonchev–Trinajstić information content (AvgIpc) is 2.93. The van der Waals surface area contributed by atoms with Gasteiger partial charge < -0.3 is 28.4 Å². The summed E-state index contributed by atoms with van der Waals surface area (Å²) >= 11 is 1.61. The molecule has 3 aromatic rings. The van der Waals surface area contributed by atoms with E-state index in [4.69, 9.17) is 14.2 Å². The van der Waals surface area contributed by atoms with Crippen LogP contribution in [0.3, 0.4) is 0 Å². The van der Waals surface area contributed by atoms with Crippen molar-refractivity contribution in [3.05, 3.63) is 77.4 Å². The number of ether oxygens (including phenoxy) is 5. The normalized spacial score (nSPS) is 11.1. The summed E-state index contributed by atoms with van der Waals surface area (Å²) in [6.07, 6.45) is 4.09. The largest absolute Gasteiger partial charge is 0.493 e. The lowest BCUT2D eigenvalue weighted by atomic mass is 9.87. The zero-order valence-electron chi connectivity index (χ0n) is 23.8. The minimum Gasteiger partial charge on any atom is -0.493 e. The fourth-order valence-corrected chi connectivity index (χ4v) is 4.04. The van der Waals surface area contributed by atoms with E-state index in [1.165, 1.54) is 10.5 Å². The van der Waals surface area contributed by atoms with E-state index < -0.39 is 0 Å². The van der Waals surface area contributed by atoms with Crippen LogP contribution >= 0.6 is 11.9 Å². The first-order valence-electron chi connectivity index (χ1n) is 12.3. The summed E-state index contributed by atoms with van der Waals surface area (Å²) < 4.78 is 29.0. The monoisotopic (exact) mass is 539 g/mol. The Morgan fingerprint density at radius 2 is 1.29 bits per heavy atom. The third-order valence-corrected chi connectivity index (χ3v) is 6.39. The Balaban J connectivity index is 0.000000757. The van der Waals surface area contributed by atoms with Gasteiger partial charge in [-0.25, -0.2) is 0 Å². The lowest BCUT2D eigenvalue weighted by Crippen LogP contribution is -2.10. The summed E-state index contributed by atoms with van der Waals surface area (Å²) in [6, 6.07) is 20.9. The van der Waals surface area contributed by atoms with Crippen LogP contribution in [0.2, 0.25) is 0 Å². The van der Waals surface area contributed by atoms with E-state index >= 15 is 0 Å². The van der Waals surface area contributed by atoms with E-state index in [0.717, 1.165) is 16.8 Å². The number of rotatable bonds is 11. The van der Waals surface area contributed by atoms with Crippen molar-refractivity contribution in [2.24, 2.45) is 0 Å². The van der Waals surface area contributed by atoms with Gasteiger partial charge in [-0.05, 0) is 70.5 Å². The van der Waals surface area contributed by atoms with Crippen molar-refractivity contribution in [3.8, 4) is 17.2 Å². The van der Waals surface area contributed by atoms with Crippen LogP contribution in [0.5, 0.6) is 17.2 Å². The average molecular weight is 540 g/mol. The van der Waals surface area contributed by atoms with Crippen LogP contribution in [0.4, 0.5) is 5.69 Å². The van der Waals surface area contributed by atoms with Gasteiger partial charge in [0.2, 0.25) is 5.75 Å². The van der Waals surface area contributed by atoms with Gasteiger partial charge in [0, 0.05) is 24.8 Å². The molecule has 0 heterocycles. The summed E-state index contributed by atoms with van der Waals surface area (Å²) in [5.74, 6) is 1.86. The standard InChI is InChI=1S/C27H31NO3S.C4H10O2/c1-27(2,3)21-12-14-23(15-13-21)32-28-22-9-7-8-19(16-22)10-11-20-17-24(29-4)26(31-6)25(18-20)30-5;1-5-3-4-6-2/h7-18,28H,1-6H3;3-4H2,1-2H3/b11-10-;. The fourth-order valence-electron chi connectivity index (χ4n) is 3.40. The number of anilines is 1. The van der Waals surface area contributed by atoms with Gasteiger partial charge in [0.25, 0.3) is 0 Å². The van der Waals surface area contributed by atoms with Crippen molar-refractivity contribution in [2.75, 3.05) is 53.5 Å². The SMILES string of the molecule is COCCOC.COc1cc(/C=C\c2cccc(NSc3ccc(C(C)(C)C)cc3)c2)cc(OC)c1OC. The molecular formula is C31H41NO5S. The molecule has 206 valence electrons. The van der Waals surface area contributed by atoms with Crippen LogP contribution in [0, 0.1) is 0 Å². The topological polar surface area (TPSA) is 58.2 Å². The number of nitrogens with one attached hydrogen (secondary N) is 1. The number of benzene rings is 3. The van der Waals surface area contributed by atoms with E-state index in [9.17, 15) is 0 Å². The first kappa shape index (κ1) is 31.1. The molecule has 0 aromatic heterocycles. The molecule has 0 atom stereocenters. The van der Waals surface area contributed by atoms with E-state index in [1.54, 1.807) is 47.5 Å². The molecule has 7 heteroatoms. The molecule has 0 bridgehead atoms. The Bertz CT molecular complexity index is 1110. The highest BCUT2D eigenvalue weighted by atomic mass is 32.2. The maximum atomic E-state index is 5.44. The van der Waals surface area contributed by atoms with Crippen LogP contribution in [0.25, 0.3) is 12.2 Å². The molecular weight excluding hydrogens is 498 g/mol. The molecule has 0 amide bonds. The molecule has 6 nitrogen and oxygen atoms in total. The van der Waals surface area contributed by atoms with Crippen molar-refractivity contribution in [1.29, 1.82) is 0 Å². The predicted molar refractivity (Wildman–Crippen MR) is 160 cm³/mol. The van der Waals surface area contributed by atoms with Crippen LogP contribution in [-0.2, 0) is 14.9 Å². The molecule has 0 saturated heterocycles. The molecule has 3 aromatic carbocycles. The van der Waals surface area contributed by atoms with E-state index in [2.05, 4.69) is 83.5 Å². The van der Waals surface area contributed by atoms with Crippen LogP contribution in [-0.4, -0.2) is 48.8 Å². The van der Waals surface area contributed by atoms with Gasteiger partial charge in [0.1, 0.15) is 0 Å². The van der Waals surface area contributed by atoms with Crippen molar-refractivity contribution >= 4 is 29.8 Å². The highest BCUT2D eigenvalue weighted by Crippen LogP contribution is 2.38. The summed E-state index contributed by atoms with van der Waals surface area (Å²) in [5, 5.41) is 0. The Morgan fingerprint density at radius 1 is 0.711 bits per heavy atom. The maximum Gasteiger partial charge on any atom is 0.203 e. The quantitative estimate of drug-likeness (QED) is 0.153. The predicted octanol–water partition coefficient (Wildman–Crippen LogP) is 7.58. The van der Waals surface area contributed by atoms with Gasteiger partial charge in [-0.2, -0.15) is 0 Å². The lowest BCUT2D eigenvalue weighted by molar-refractivity contribution is 0.103. The Labute approximate surface area is 232 Å². The van der Waals surface area contributed by atoms with Gasteiger partial charge in [-0.1, -0.05) is 57.2 Å². The first-order valence-corrected chi connectivity index (χ1v) is 13.2. The molecule has 0 aliphatic rings. The van der Waals surface area contributed by atoms with Gasteiger partial charge in [0.05, 0.1) is 34.5 Å². The third-order valence-electron chi connectivity index (χ3n) is 5.54. The fraction of sp³-hybridized carbons (Fsp3) is 0.355. The van der Waals surface area contributed by atoms with Crippen LogP contribution < -0.4 is 18.9 Å². The first-order chi connectivity index (χ1) is 18.2. The molecule has 0 aliphatic carbocycles. The van der Waals surface area contributed by atoms with Crippen LogP contribution in [0.15, 0.2) is 65.6 Å². The number of methoxy groups -OCH3 is 5. The van der Waals surface area contributed by atoms with Crippen LogP contribution in [0.1, 0.15) is 37.5 Å². The van der Waals surface area contributed by atoms with Crippen molar-refractivity contribution in [1.82, 2.24) is 0 Å². The number of hydrogen-bond donors (Lipinski definition) is 1. The zero-order chi connectivity index (χ0) is 28.0. The zero-order valence-corrected chi connectivity index (χ0v) is 24.6. The van der Waals surface area contributed by atoms with E-state index in [1.807, 2.05) is 24.3 Å². The molecule has 0 aliphatic heterocycles. The van der Waals surface area contributed by atoms with Crippen molar-refractivity contribution in [3.63, 3.8) is 0 Å². The second kappa shape index (κ2) is 16.0. The molecule has 0 radical (unpaired) electrons. The molecule has 38 heavy (non-hydrogen) atoms. The minimum absolute atomic E-state index is 0.162. The number of hydrogen-bond acceptors (Lipinski definition) is 7. The highest BCUT2D eigenvalue weighted by molar-refractivity contribution is 8.00. The Kier molecular flexibility index (Phi) is 13.1. The van der Waals surface area contributed by atoms with Gasteiger partial charge in [0.15, 0.2) is 11.5 Å². The maximum absolute atomic E-state index is 5.44. The molecule has 0 saturated carbocycles. The minimum atomic E-state index is 0.162. The third kappa shape index (κ3) is 9.97. The van der Waals surface area contributed by atoms with Crippen molar-refractivity contribution in [2.45, 2.75) is 31.1 Å². The van der Waals surface area contributed by atoms with Gasteiger partial charge in [-0.3, -0.25) is 0 Å². The van der Waals surface area contributed by atoms with Crippen molar-refractivity contribution < 1.29 is 23.7 Å². The summed E-state index contributed by atoms with van der Waals surface area (Å²) in [5.41, 5.74) is 4.59. The van der Waals surface area contributed by atoms with Gasteiger partial charge in [-0.15, -0.1) is 0 Å². The van der Waals surface area contributed by atoms with E-state index in [-0.39, 0.29) is 5.41 Å². The summed E-state index contributed by atoms with van der Waals surface area (Å²) in [4.78, 5) is 1.18. The molecule has 1 N–H and O–H groups in total. The summed E-state index contributed by atoms with van der Waals surface area (Å²) in [6.45, 7) is 8.06. The highest BCUT2D eigenvalue weighted by Gasteiger charge is 2.13. The smallest absolute Gasteiger partial charge is 0.203 e. The molecule has 3 rings (SSSR count). The van der Waals surface area contributed by atoms with Gasteiger partial charge >= 0.3 is 0 Å². The second-order valence-corrected chi connectivity index (χ2v) is 10.3. The second-order valence-electron chi connectivity index (χ2n) is 9.38. The Hall–Kier alpha value is -3.13. The Morgan fingerprint density at radius 3 is 1.79 bits per heavy atom.